The van der Waals surface area contributed by atoms with Gasteiger partial charge in [-0.1, -0.05) is 19.1 Å². The molecule has 0 aliphatic carbocycles. The van der Waals surface area contributed by atoms with Crippen molar-refractivity contribution in [3.05, 3.63) is 29.8 Å². The van der Waals surface area contributed by atoms with Crippen molar-refractivity contribution in [1.29, 1.82) is 0 Å². The minimum absolute atomic E-state index is 0.141. The van der Waals surface area contributed by atoms with Gasteiger partial charge in [0.25, 0.3) is 0 Å². The molecule has 0 fully saturated rings. The molecule has 0 saturated carbocycles. The topological polar surface area (TPSA) is 52.3 Å². The largest absolute Gasteiger partial charge is 0.497 e. The quantitative estimate of drug-likeness (QED) is 0.790. The van der Waals surface area contributed by atoms with Crippen LogP contribution in [0.5, 0.6) is 5.75 Å². The Labute approximate surface area is 83.9 Å². The zero-order valence-corrected chi connectivity index (χ0v) is 8.49. The van der Waals surface area contributed by atoms with Crippen LogP contribution in [0.3, 0.4) is 0 Å². The molecule has 0 bridgehead atoms. The van der Waals surface area contributed by atoms with Gasteiger partial charge in [-0.05, 0) is 23.6 Å². The highest BCUT2D eigenvalue weighted by atomic mass is 16.5. The molecule has 0 saturated heterocycles. The molecule has 1 amide bonds. The zero-order chi connectivity index (χ0) is 10.6. The number of methoxy groups -OCH3 is 1. The fourth-order valence-electron chi connectivity index (χ4n) is 1.37. The molecule has 1 atom stereocenters. The van der Waals surface area contributed by atoms with Gasteiger partial charge in [-0.3, -0.25) is 4.79 Å². The number of benzene rings is 1. The molecular formula is C11H15NO2. The van der Waals surface area contributed by atoms with Crippen molar-refractivity contribution in [3.63, 3.8) is 0 Å². The van der Waals surface area contributed by atoms with E-state index in [9.17, 15) is 4.79 Å². The number of primary amides is 1. The van der Waals surface area contributed by atoms with E-state index in [-0.39, 0.29) is 11.8 Å². The highest BCUT2D eigenvalue weighted by Crippen LogP contribution is 2.22. The monoisotopic (exact) mass is 193 g/mol. The maximum Gasteiger partial charge on any atom is 0.218 e. The number of carbonyl (C=O) groups excluding carboxylic acids is 1. The first kappa shape index (κ1) is 10.6. The molecule has 0 aromatic heterocycles. The van der Waals surface area contributed by atoms with Gasteiger partial charge in [0, 0.05) is 6.42 Å². The normalized spacial score (nSPS) is 12.1. The fourth-order valence-corrected chi connectivity index (χ4v) is 1.37. The molecule has 0 spiro atoms. The Morgan fingerprint density at radius 3 is 2.86 bits per heavy atom. The van der Waals surface area contributed by atoms with Crippen LogP contribution in [0.4, 0.5) is 0 Å². The molecule has 14 heavy (non-hydrogen) atoms. The van der Waals surface area contributed by atoms with Crippen molar-refractivity contribution < 1.29 is 9.53 Å². The first-order chi connectivity index (χ1) is 6.63. The third-order valence-electron chi connectivity index (χ3n) is 2.17. The van der Waals surface area contributed by atoms with E-state index in [2.05, 4.69) is 0 Å². The van der Waals surface area contributed by atoms with Crippen LogP contribution in [-0.2, 0) is 4.79 Å². The van der Waals surface area contributed by atoms with E-state index < -0.39 is 0 Å². The average molecular weight is 193 g/mol. The van der Waals surface area contributed by atoms with Gasteiger partial charge in [-0.15, -0.1) is 0 Å². The van der Waals surface area contributed by atoms with E-state index in [0.717, 1.165) is 11.3 Å². The van der Waals surface area contributed by atoms with Crippen molar-refractivity contribution in [2.24, 2.45) is 5.73 Å². The molecule has 1 rings (SSSR count). The third-order valence-corrected chi connectivity index (χ3v) is 2.17. The second kappa shape index (κ2) is 4.65. The van der Waals surface area contributed by atoms with Crippen LogP contribution in [-0.4, -0.2) is 13.0 Å². The van der Waals surface area contributed by atoms with E-state index in [1.165, 1.54) is 0 Å². The first-order valence-electron chi connectivity index (χ1n) is 4.55. The Balaban J connectivity index is 2.78. The van der Waals surface area contributed by atoms with E-state index in [1.807, 2.05) is 31.2 Å². The number of hydrogen-bond donors (Lipinski definition) is 1. The number of carbonyl (C=O) groups is 1. The molecular weight excluding hydrogens is 178 g/mol. The average Bonchev–Trinajstić information content (AvgIpc) is 2.17. The fraction of sp³-hybridized carbons (Fsp3) is 0.364. The molecule has 0 heterocycles. The molecule has 76 valence electrons. The van der Waals surface area contributed by atoms with Crippen molar-refractivity contribution in [1.82, 2.24) is 0 Å². The summed E-state index contributed by atoms with van der Waals surface area (Å²) in [7, 11) is 1.62. The highest BCUT2D eigenvalue weighted by molar-refractivity contribution is 5.74. The number of amides is 1. The standard InChI is InChI=1S/C11H15NO2/c1-8(6-11(12)13)9-4-3-5-10(7-9)14-2/h3-5,7-8H,6H2,1-2H3,(H2,12,13). The minimum atomic E-state index is -0.277. The van der Waals surface area contributed by atoms with E-state index in [4.69, 9.17) is 10.5 Å². The molecule has 3 nitrogen and oxygen atoms in total. The Bertz CT molecular complexity index is 323. The van der Waals surface area contributed by atoms with Crippen LogP contribution >= 0.6 is 0 Å². The lowest BCUT2D eigenvalue weighted by atomic mass is 9.97. The summed E-state index contributed by atoms with van der Waals surface area (Å²) in [6.07, 6.45) is 0.368. The lowest BCUT2D eigenvalue weighted by Crippen LogP contribution is -2.13. The van der Waals surface area contributed by atoms with E-state index >= 15 is 0 Å². The summed E-state index contributed by atoms with van der Waals surface area (Å²) in [6, 6.07) is 7.68. The van der Waals surface area contributed by atoms with Gasteiger partial charge in [0.05, 0.1) is 7.11 Å². The maximum atomic E-state index is 10.7. The highest BCUT2D eigenvalue weighted by Gasteiger charge is 2.08. The Hall–Kier alpha value is -1.51. The molecule has 1 aromatic rings. The van der Waals surface area contributed by atoms with Crippen molar-refractivity contribution in [3.8, 4) is 5.75 Å². The van der Waals surface area contributed by atoms with Gasteiger partial charge in [0.2, 0.25) is 5.91 Å². The van der Waals surface area contributed by atoms with Crippen LogP contribution in [0.15, 0.2) is 24.3 Å². The first-order valence-corrected chi connectivity index (χ1v) is 4.55. The molecule has 1 aromatic carbocycles. The van der Waals surface area contributed by atoms with Crippen LogP contribution < -0.4 is 10.5 Å². The molecule has 0 aliphatic rings. The third kappa shape index (κ3) is 2.76. The second-order valence-electron chi connectivity index (χ2n) is 3.35. The van der Waals surface area contributed by atoms with Gasteiger partial charge in [0.1, 0.15) is 5.75 Å². The van der Waals surface area contributed by atoms with Crippen molar-refractivity contribution in [2.45, 2.75) is 19.3 Å². The van der Waals surface area contributed by atoms with E-state index in [0.29, 0.717) is 6.42 Å². The van der Waals surface area contributed by atoms with Gasteiger partial charge in [0.15, 0.2) is 0 Å². The Morgan fingerprint density at radius 1 is 1.57 bits per heavy atom. The van der Waals surface area contributed by atoms with Crippen molar-refractivity contribution in [2.75, 3.05) is 7.11 Å². The Kier molecular flexibility index (Phi) is 3.51. The number of hydrogen-bond acceptors (Lipinski definition) is 2. The summed E-state index contributed by atoms with van der Waals surface area (Å²) >= 11 is 0. The number of ether oxygens (including phenoxy) is 1. The molecule has 1 unspecified atom stereocenters. The lowest BCUT2D eigenvalue weighted by Gasteiger charge is -2.10. The van der Waals surface area contributed by atoms with Gasteiger partial charge >= 0.3 is 0 Å². The zero-order valence-electron chi connectivity index (χ0n) is 8.49. The SMILES string of the molecule is COc1cccc(C(C)CC(N)=O)c1. The van der Waals surface area contributed by atoms with E-state index in [1.54, 1.807) is 7.11 Å². The van der Waals surface area contributed by atoms with Gasteiger partial charge in [-0.2, -0.15) is 0 Å². The summed E-state index contributed by atoms with van der Waals surface area (Å²) in [5, 5.41) is 0. The summed E-state index contributed by atoms with van der Waals surface area (Å²) in [5.41, 5.74) is 6.20. The predicted molar refractivity (Wildman–Crippen MR) is 55.2 cm³/mol. The van der Waals surface area contributed by atoms with Crippen LogP contribution in [0.25, 0.3) is 0 Å². The predicted octanol–water partition coefficient (Wildman–Crippen LogP) is 1.67. The summed E-state index contributed by atoms with van der Waals surface area (Å²) in [4.78, 5) is 10.7. The van der Waals surface area contributed by atoms with Crippen LogP contribution in [0.1, 0.15) is 24.8 Å². The molecule has 3 heteroatoms. The second-order valence-corrected chi connectivity index (χ2v) is 3.35. The lowest BCUT2D eigenvalue weighted by molar-refractivity contribution is -0.118. The summed E-state index contributed by atoms with van der Waals surface area (Å²) in [5.74, 6) is 0.668. The summed E-state index contributed by atoms with van der Waals surface area (Å²) in [6.45, 7) is 1.97. The molecule has 2 N–H and O–H groups in total. The smallest absolute Gasteiger partial charge is 0.218 e. The molecule has 0 radical (unpaired) electrons. The number of nitrogens with two attached hydrogens (primary N) is 1. The van der Waals surface area contributed by atoms with Crippen LogP contribution in [0.2, 0.25) is 0 Å². The van der Waals surface area contributed by atoms with Crippen LogP contribution in [0, 0.1) is 0 Å². The Morgan fingerprint density at radius 2 is 2.29 bits per heavy atom. The maximum absolute atomic E-state index is 10.7. The van der Waals surface area contributed by atoms with Gasteiger partial charge in [-0.25, -0.2) is 0 Å². The number of rotatable bonds is 4. The van der Waals surface area contributed by atoms with Gasteiger partial charge < -0.3 is 10.5 Å². The van der Waals surface area contributed by atoms with Crippen molar-refractivity contribution >= 4 is 5.91 Å². The summed E-state index contributed by atoms with van der Waals surface area (Å²) < 4.78 is 5.09. The minimum Gasteiger partial charge on any atom is -0.497 e. The molecule has 0 aliphatic heterocycles.